The van der Waals surface area contributed by atoms with Gasteiger partial charge in [0.15, 0.2) is 0 Å². The van der Waals surface area contributed by atoms with E-state index in [0.29, 0.717) is 5.69 Å². The third-order valence-electron chi connectivity index (χ3n) is 3.96. The van der Waals surface area contributed by atoms with Gasteiger partial charge in [0, 0.05) is 35.2 Å². The number of likely N-dealkylation sites (tertiary alicyclic amines) is 1. The third-order valence-corrected chi connectivity index (χ3v) is 5.02. The number of hydrogen-bond acceptors (Lipinski definition) is 4. The van der Waals surface area contributed by atoms with Crippen LogP contribution in [0.15, 0.2) is 6.07 Å². The molecule has 0 saturated carbocycles. The summed E-state index contributed by atoms with van der Waals surface area (Å²) in [6, 6.07) is 2.06. The van der Waals surface area contributed by atoms with Gasteiger partial charge in [-0.3, -0.25) is 9.69 Å². The van der Waals surface area contributed by atoms with Crippen molar-refractivity contribution in [2.75, 3.05) is 18.8 Å². The Morgan fingerprint density at radius 2 is 2.00 bits per heavy atom. The minimum absolute atomic E-state index is 0.0176. The van der Waals surface area contributed by atoms with E-state index < -0.39 is 0 Å². The molecule has 20 heavy (non-hydrogen) atoms. The Morgan fingerprint density at radius 3 is 2.45 bits per heavy atom. The maximum absolute atomic E-state index is 12.2. The van der Waals surface area contributed by atoms with Gasteiger partial charge in [0.1, 0.15) is 0 Å². The molecule has 1 fully saturated rings. The summed E-state index contributed by atoms with van der Waals surface area (Å²) < 4.78 is 0. The van der Waals surface area contributed by atoms with Gasteiger partial charge in [0.2, 0.25) is 0 Å². The minimum atomic E-state index is 0.0176. The van der Waals surface area contributed by atoms with Crippen molar-refractivity contribution >= 4 is 22.9 Å². The topological polar surface area (TPSA) is 58.4 Å². The number of carbonyl (C=O) groups is 1. The Balaban J connectivity index is 1.88. The standard InChI is InChI=1S/C15H25N3OS/c1-10-12(16)9-13(20-10)14(19)17-11-5-7-18(8-6-11)15(2,3)4/h9,11H,5-8,16H2,1-4H3,(H,17,19). The molecule has 2 heterocycles. The van der Waals surface area contributed by atoms with Gasteiger partial charge in [0.25, 0.3) is 5.91 Å². The number of rotatable bonds is 2. The van der Waals surface area contributed by atoms with Crippen molar-refractivity contribution < 1.29 is 4.79 Å². The van der Waals surface area contributed by atoms with E-state index in [2.05, 4.69) is 31.0 Å². The van der Waals surface area contributed by atoms with Crippen molar-refractivity contribution in [1.82, 2.24) is 10.2 Å². The molecule has 1 amide bonds. The van der Waals surface area contributed by atoms with Gasteiger partial charge >= 0.3 is 0 Å². The van der Waals surface area contributed by atoms with E-state index >= 15 is 0 Å². The van der Waals surface area contributed by atoms with Crippen LogP contribution in [0, 0.1) is 6.92 Å². The van der Waals surface area contributed by atoms with Crippen molar-refractivity contribution in [1.29, 1.82) is 0 Å². The number of piperidine rings is 1. The predicted molar refractivity (Wildman–Crippen MR) is 85.3 cm³/mol. The molecule has 0 aromatic carbocycles. The largest absolute Gasteiger partial charge is 0.398 e. The van der Waals surface area contributed by atoms with Crippen LogP contribution in [0.4, 0.5) is 5.69 Å². The number of carbonyl (C=O) groups excluding carboxylic acids is 1. The first kappa shape index (κ1) is 15.3. The molecule has 3 N–H and O–H groups in total. The third kappa shape index (κ3) is 3.52. The number of nitrogen functional groups attached to an aromatic ring is 1. The van der Waals surface area contributed by atoms with E-state index in [1.807, 2.05) is 6.92 Å². The molecule has 1 aromatic rings. The van der Waals surface area contributed by atoms with Crippen LogP contribution in [-0.2, 0) is 0 Å². The number of anilines is 1. The highest BCUT2D eigenvalue weighted by molar-refractivity contribution is 7.14. The molecule has 1 saturated heterocycles. The minimum Gasteiger partial charge on any atom is -0.398 e. The van der Waals surface area contributed by atoms with Gasteiger partial charge in [-0.05, 0) is 46.6 Å². The normalized spacial score (nSPS) is 18.2. The van der Waals surface area contributed by atoms with Gasteiger partial charge in [-0.15, -0.1) is 11.3 Å². The van der Waals surface area contributed by atoms with Gasteiger partial charge in [-0.1, -0.05) is 0 Å². The SMILES string of the molecule is Cc1sc(C(=O)NC2CCN(C(C)(C)C)CC2)cc1N. The van der Waals surface area contributed by atoms with Crippen LogP contribution in [0.25, 0.3) is 0 Å². The summed E-state index contributed by atoms with van der Waals surface area (Å²) in [5, 5.41) is 3.14. The summed E-state index contributed by atoms with van der Waals surface area (Å²) >= 11 is 1.47. The van der Waals surface area contributed by atoms with Crippen molar-refractivity contribution in [3.05, 3.63) is 15.8 Å². The molecule has 0 spiro atoms. The maximum atomic E-state index is 12.2. The van der Waals surface area contributed by atoms with E-state index in [-0.39, 0.29) is 17.5 Å². The summed E-state index contributed by atoms with van der Waals surface area (Å²) in [5.41, 5.74) is 6.73. The van der Waals surface area contributed by atoms with E-state index in [4.69, 9.17) is 5.73 Å². The first-order valence-electron chi connectivity index (χ1n) is 7.19. The van der Waals surface area contributed by atoms with Crippen LogP contribution in [-0.4, -0.2) is 35.5 Å². The maximum Gasteiger partial charge on any atom is 0.261 e. The fraction of sp³-hybridized carbons (Fsp3) is 0.667. The van der Waals surface area contributed by atoms with Crippen molar-refractivity contribution in [2.45, 2.75) is 52.1 Å². The Kier molecular flexibility index (Phi) is 4.39. The molecular formula is C15H25N3OS. The lowest BCUT2D eigenvalue weighted by atomic mass is 9.98. The number of nitrogens with two attached hydrogens (primary N) is 1. The summed E-state index contributed by atoms with van der Waals surface area (Å²) in [4.78, 5) is 16.4. The second-order valence-corrected chi connectivity index (χ2v) is 7.78. The van der Waals surface area contributed by atoms with Crippen LogP contribution in [0.5, 0.6) is 0 Å². The fourth-order valence-corrected chi connectivity index (χ4v) is 3.40. The fourth-order valence-electron chi connectivity index (χ4n) is 2.56. The summed E-state index contributed by atoms with van der Waals surface area (Å²) in [7, 11) is 0. The number of nitrogens with zero attached hydrogens (tertiary/aromatic N) is 1. The van der Waals surface area contributed by atoms with Crippen LogP contribution in [0.1, 0.15) is 48.2 Å². The second kappa shape index (κ2) is 5.74. The highest BCUT2D eigenvalue weighted by atomic mass is 32.1. The average Bonchev–Trinajstić information content (AvgIpc) is 2.69. The zero-order valence-electron chi connectivity index (χ0n) is 12.8. The molecule has 112 valence electrons. The molecule has 4 nitrogen and oxygen atoms in total. The first-order valence-corrected chi connectivity index (χ1v) is 8.01. The molecule has 5 heteroatoms. The van der Waals surface area contributed by atoms with Crippen molar-refractivity contribution in [3.63, 3.8) is 0 Å². The van der Waals surface area contributed by atoms with E-state index in [1.54, 1.807) is 6.07 Å². The lowest BCUT2D eigenvalue weighted by Crippen LogP contribution is -2.50. The monoisotopic (exact) mass is 295 g/mol. The molecule has 1 aromatic heterocycles. The molecule has 1 aliphatic rings. The van der Waals surface area contributed by atoms with Crippen molar-refractivity contribution in [3.8, 4) is 0 Å². The number of hydrogen-bond donors (Lipinski definition) is 2. The smallest absolute Gasteiger partial charge is 0.261 e. The Morgan fingerprint density at radius 1 is 1.40 bits per heavy atom. The number of nitrogens with one attached hydrogen (secondary N) is 1. The lowest BCUT2D eigenvalue weighted by Gasteiger charge is -2.41. The Labute approximate surface area is 125 Å². The average molecular weight is 295 g/mol. The zero-order valence-corrected chi connectivity index (χ0v) is 13.6. The Bertz CT molecular complexity index is 462. The molecule has 0 bridgehead atoms. The van der Waals surface area contributed by atoms with Gasteiger partial charge in [-0.25, -0.2) is 0 Å². The summed E-state index contributed by atoms with van der Waals surface area (Å²) in [6.07, 6.45) is 2.03. The highest BCUT2D eigenvalue weighted by Gasteiger charge is 2.27. The molecule has 2 rings (SSSR count). The Hall–Kier alpha value is -1.07. The van der Waals surface area contributed by atoms with E-state index in [1.165, 1.54) is 11.3 Å². The van der Waals surface area contributed by atoms with E-state index in [0.717, 1.165) is 35.7 Å². The van der Waals surface area contributed by atoms with Gasteiger partial charge in [-0.2, -0.15) is 0 Å². The molecule has 0 radical (unpaired) electrons. The number of amides is 1. The van der Waals surface area contributed by atoms with E-state index in [9.17, 15) is 4.79 Å². The quantitative estimate of drug-likeness (QED) is 0.882. The molecular weight excluding hydrogens is 270 g/mol. The first-order chi connectivity index (χ1) is 9.27. The molecule has 0 atom stereocenters. The molecule has 0 unspecified atom stereocenters. The van der Waals surface area contributed by atoms with Crippen LogP contribution in [0.3, 0.4) is 0 Å². The molecule has 1 aliphatic heterocycles. The molecule has 0 aliphatic carbocycles. The van der Waals surface area contributed by atoms with Crippen molar-refractivity contribution in [2.24, 2.45) is 0 Å². The van der Waals surface area contributed by atoms with Crippen LogP contribution in [0.2, 0.25) is 0 Å². The predicted octanol–water partition coefficient (Wildman–Crippen LogP) is 2.63. The van der Waals surface area contributed by atoms with Gasteiger partial charge < -0.3 is 11.1 Å². The lowest BCUT2D eigenvalue weighted by molar-refractivity contribution is 0.0815. The number of thiophene rings is 1. The summed E-state index contributed by atoms with van der Waals surface area (Å²) in [6.45, 7) is 10.7. The second-order valence-electron chi connectivity index (χ2n) is 6.53. The van der Waals surface area contributed by atoms with Crippen LogP contribution < -0.4 is 11.1 Å². The summed E-state index contributed by atoms with van der Waals surface area (Å²) in [5.74, 6) is 0.0176. The number of aryl methyl sites for hydroxylation is 1. The van der Waals surface area contributed by atoms with Crippen LogP contribution >= 0.6 is 11.3 Å². The van der Waals surface area contributed by atoms with Gasteiger partial charge in [0.05, 0.1) is 4.88 Å². The zero-order chi connectivity index (χ0) is 14.9. The highest BCUT2D eigenvalue weighted by Crippen LogP contribution is 2.24.